The first-order chi connectivity index (χ1) is 12.8. The monoisotopic (exact) mass is 349 g/mol. The summed E-state index contributed by atoms with van der Waals surface area (Å²) < 4.78 is 0. The summed E-state index contributed by atoms with van der Waals surface area (Å²) in [5, 5.41) is 0. The van der Waals surface area contributed by atoms with Crippen molar-refractivity contribution >= 4 is 5.91 Å². The topological polar surface area (TPSA) is 36.4 Å². The standard InChI is InChI=1S/C22H27N3O/c26-22(20-9-13-24(17-20)16-18-6-2-1-3-7-18)25-14-10-19(11-15-25)21-8-4-5-12-23-21/h1-8,12,19-20H,9-11,13-17H2. The normalized spacial score (nSPS) is 21.8. The zero-order chi connectivity index (χ0) is 17.8. The summed E-state index contributed by atoms with van der Waals surface area (Å²) in [5.41, 5.74) is 2.51. The Morgan fingerprint density at radius 3 is 2.46 bits per heavy atom. The quantitative estimate of drug-likeness (QED) is 0.850. The van der Waals surface area contributed by atoms with E-state index in [4.69, 9.17) is 0 Å². The van der Waals surface area contributed by atoms with E-state index in [1.807, 2.05) is 18.3 Å². The van der Waals surface area contributed by atoms with Crippen LogP contribution in [-0.2, 0) is 11.3 Å². The van der Waals surface area contributed by atoms with Gasteiger partial charge in [-0.25, -0.2) is 0 Å². The van der Waals surface area contributed by atoms with Gasteiger partial charge >= 0.3 is 0 Å². The van der Waals surface area contributed by atoms with Crippen molar-refractivity contribution in [2.45, 2.75) is 31.7 Å². The van der Waals surface area contributed by atoms with Crippen molar-refractivity contribution in [3.05, 3.63) is 66.0 Å². The molecule has 4 nitrogen and oxygen atoms in total. The number of benzene rings is 1. The highest BCUT2D eigenvalue weighted by molar-refractivity contribution is 5.79. The molecule has 0 saturated carbocycles. The lowest BCUT2D eigenvalue weighted by Crippen LogP contribution is -2.42. The van der Waals surface area contributed by atoms with Gasteiger partial charge < -0.3 is 4.90 Å². The molecule has 2 saturated heterocycles. The van der Waals surface area contributed by atoms with Crippen molar-refractivity contribution in [1.29, 1.82) is 0 Å². The van der Waals surface area contributed by atoms with Crippen LogP contribution in [0.15, 0.2) is 54.7 Å². The summed E-state index contributed by atoms with van der Waals surface area (Å²) in [5.74, 6) is 1.03. The molecule has 136 valence electrons. The molecule has 1 aromatic carbocycles. The first-order valence-electron chi connectivity index (χ1n) is 9.75. The van der Waals surface area contributed by atoms with Crippen molar-refractivity contribution in [1.82, 2.24) is 14.8 Å². The van der Waals surface area contributed by atoms with Crippen LogP contribution in [0.25, 0.3) is 0 Å². The van der Waals surface area contributed by atoms with Gasteiger partial charge in [-0.2, -0.15) is 0 Å². The third-order valence-electron chi connectivity index (χ3n) is 5.78. The molecule has 1 aromatic heterocycles. The lowest BCUT2D eigenvalue weighted by Gasteiger charge is -2.33. The number of piperidine rings is 1. The second-order valence-electron chi connectivity index (χ2n) is 7.56. The Bertz CT molecular complexity index is 707. The number of hydrogen-bond acceptors (Lipinski definition) is 3. The van der Waals surface area contributed by atoms with Crippen LogP contribution in [0.5, 0.6) is 0 Å². The molecule has 2 aliphatic rings. The maximum Gasteiger partial charge on any atom is 0.227 e. The molecule has 0 bridgehead atoms. The molecule has 4 rings (SSSR count). The van der Waals surface area contributed by atoms with E-state index >= 15 is 0 Å². The molecule has 0 radical (unpaired) electrons. The average molecular weight is 349 g/mol. The van der Waals surface area contributed by atoms with E-state index in [0.29, 0.717) is 11.8 Å². The minimum Gasteiger partial charge on any atom is -0.342 e. The summed E-state index contributed by atoms with van der Waals surface area (Å²) in [7, 11) is 0. The van der Waals surface area contributed by atoms with E-state index in [2.05, 4.69) is 51.2 Å². The maximum absolute atomic E-state index is 12.9. The van der Waals surface area contributed by atoms with Crippen molar-refractivity contribution in [2.24, 2.45) is 5.92 Å². The molecule has 2 fully saturated rings. The third-order valence-corrected chi connectivity index (χ3v) is 5.78. The Balaban J connectivity index is 1.28. The summed E-state index contributed by atoms with van der Waals surface area (Å²) in [6.07, 6.45) is 4.92. The van der Waals surface area contributed by atoms with E-state index in [-0.39, 0.29) is 5.92 Å². The van der Waals surface area contributed by atoms with Gasteiger partial charge in [0.05, 0.1) is 5.92 Å². The lowest BCUT2D eigenvalue weighted by atomic mass is 9.92. The van der Waals surface area contributed by atoms with Crippen LogP contribution < -0.4 is 0 Å². The van der Waals surface area contributed by atoms with Crippen molar-refractivity contribution in [3.63, 3.8) is 0 Å². The summed E-state index contributed by atoms with van der Waals surface area (Å²) in [6, 6.07) is 16.7. The van der Waals surface area contributed by atoms with E-state index in [0.717, 1.165) is 52.0 Å². The van der Waals surface area contributed by atoms with Crippen LogP contribution >= 0.6 is 0 Å². The van der Waals surface area contributed by atoms with Crippen molar-refractivity contribution < 1.29 is 4.79 Å². The Morgan fingerprint density at radius 1 is 0.962 bits per heavy atom. The van der Waals surface area contributed by atoms with Crippen molar-refractivity contribution in [2.75, 3.05) is 26.2 Å². The maximum atomic E-state index is 12.9. The number of rotatable bonds is 4. The predicted molar refractivity (Wildman–Crippen MR) is 103 cm³/mol. The van der Waals surface area contributed by atoms with Gasteiger partial charge in [0.25, 0.3) is 0 Å². The smallest absolute Gasteiger partial charge is 0.227 e. The van der Waals surface area contributed by atoms with Gasteiger partial charge in [-0.3, -0.25) is 14.7 Å². The molecular weight excluding hydrogens is 322 g/mol. The van der Waals surface area contributed by atoms with E-state index in [9.17, 15) is 4.79 Å². The molecule has 1 unspecified atom stereocenters. The fraction of sp³-hybridized carbons (Fsp3) is 0.455. The third kappa shape index (κ3) is 3.96. The Labute approximate surface area is 155 Å². The number of carbonyl (C=O) groups is 1. The molecule has 2 aromatic rings. The van der Waals surface area contributed by atoms with Gasteiger partial charge in [-0.1, -0.05) is 36.4 Å². The second kappa shape index (κ2) is 8.00. The number of pyridine rings is 1. The molecule has 1 amide bonds. The highest BCUT2D eigenvalue weighted by Crippen LogP contribution is 2.28. The molecule has 1 atom stereocenters. The zero-order valence-corrected chi connectivity index (χ0v) is 15.3. The number of nitrogens with zero attached hydrogens (tertiary/aromatic N) is 3. The minimum atomic E-state index is 0.171. The van der Waals surface area contributed by atoms with Gasteiger partial charge in [0.2, 0.25) is 5.91 Å². The number of aromatic nitrogens is 1. The SMILES string of the molecule is O=C(C1CCN(Cc2ccccc2)C1)N1CCC(c2ccccn2)CC1. The van der Waals surface area contributed by atoms with Gasteiger partial charge in [0, 0.05) is 44.0 Å². The van der Waals surface area contributed by atoms with Crippen molar-refractivity contribution in [3.8, 4) is 0 Å². The average Bonchev–Trinajstić information content (AvgIpc) is 3.17. The lowest BCUT2D eigenvalue weighted by molar-refractivity contribution is -0.136. The molecule has 4 heteroatoms. The highest BCUT2D eigenvalue weighted by Gasteiger charge is 2.33. The molecule has 2 aliphatic heterocycles. The minimum absolute atomic E-state index is 0.171. The summed E-state index contributed by atoms with van der Waals surface area (Å²) >= 11 is 0. The van der Waals surface area contributed by atoms with E-state index in [1.54, 1.807) is 0 Å². The van der Waals surface area contributed by atoms with E-state index < -0.39 is 0 Å². The van der Waals surface area contributed by atoms with Crippen LogP contribution in [0.2, 0.25) is 0 Å². The largest absolute Gasteiger partial charge is 0.342 e. The molecule has 0 N–H and O–H groups in total. The highest BCUT2D eigenvalue weighted by atomic mass is 16.2. The molecule has 3 heterocycles. The van der Waals surface area contributed by atoms with Crippen LogP contribution in [-0.4, -0.2) is 46.9 Å². The van der Waals surface area contributed by atoms with Gasteiger partial charge in [0.1, 0.15) is 0 Å². The van der Waals surface area contributed by atoms with Gasteiger partial charge in [-0.05, 0) is 43.5 Å². The Kier molecular flexibility index (Phi) is 5.30. The second-order valence-corrected chi connectivity index (χ2v) is 7.56. The van der Waals surface area contributed by atoms with E-state index in [1.165, 1.54) is 11.3 Å². The molecular formula is C22H27N3O. The first kappa shape index (κ1) is 17.2. The number of likely N-dealkylation sites (tertiary alicyclic amines) is 2. The van der Waals surface area contributed by atoms with Crippen LogP contribution in [0.1, 0.15) is 36.4 Å². The van der Waals surface area contributed by atoms with Crippen LogP contribution in [0.4, 0.5) is 0 Å². The zero-order valence-electron chi connectivity index (χ0n) is 15.3. The van der Waals surface area contributed by atoms with Gasteiger partial charge in [0.15, 0.2) is 0 Å². The molecule has 26 heavy (non-hydrogen) atoms. The first-order valence-corrected chi connectivity index (χ1v) is 9.75. The molecule has 0 aliphatic carbocycles. The number of hydrogen-bond donors (Lipinski definition) is 0. The summed E-state index contributed by atoms with van der Waals surface area (Å²) in [4.78, 5) is 21.9. The fourth-order valence-corrected chi connectivity index (χ4v) is 4.29. The van der Waals surface area contributed by atoms with Crippen LogP contribution in [0.3, 0.4) is 0 Å². The van der Waals surface area contributed by atoms with Gasteiger partial charge in [-0.15, -0.1) is 0 Å². The summed E-state index contributed by atoms with van der Waals surface area (Å²) in [6.45, 7) is 4.61. The van der Waals surface area contributed by atoms with Crippen LogP contribution in [0, 0.1) is 5.92 Å². The molecule has 0 spiro atoms. The number of carbonyl (C=O) groups excluding carboxylic acids is 1. The Hall–Kier alpha value is -2.20. The fourth-order valence-electron chi connectivity index (χ4n) is 4.29. The Morgan fingerprint density at radius 2 is 1.73 bits per heavy atom. The number of amides is 1. The predicted octanol–water partition coefficient (Wildman–Crippen LogP) is 3.31.